The van der Waals surface area contributed by atoms with Gasteiger partial charge in [-0.1, -0.05) is 56.5 Å². The van der Waals surface area contributed by atoms with Crippen molar-refractivity contribution >= 4 is 5.57 Å². The van der Waals surface area contributed by atoms with Crippen LogP contribution in [0.2, 0.25) is 0 Å². The molecule has 1 aliphatic rings. The normalized spacial score (nSPS) is 15.0. The molecule has 0 radical (unpaired) electrons. The first kappa shape index (κ1) is 12.4. The van der Waals surface area contributed by atoms with E-state index in [1.165, 1.54) is 62.5 Å². The molecule has 1 aromatic rings. The molecule has 17 heavy (non-hydrogen) atoms. The Bertz CT molecular complexity index is 356. The van der Waals surface area contributed by atoms with Crippen LogP contribution >= 0.6 is 0 Å². The summed E-state index contributed by atoms with van der Waals surface area (Å²) in [5.74, 6) is 0. The van der Waals surface area contributed by atoms with Crippen molar-refractivity contribution in [1.29, 1.82) is 0 Å². The summed E-state index contributed by atoms with van der Waals surface area (Å²) in [6.07, 6.45) is 13.0. The summed E-state index contributed by atoms with van der Waals surface area (Å²) in [7, 11) is 0. The molecule has 0 amide bonds. The van der Waals surface area contributed by atoms with Crippen LogP contribution in [0.5, 0.6) is 0 Å². The van der Waals surface area contributed by atoms with Crippen molar-refractivity contribution < 1.29 is 0 Å². The fourth-order valence-electron chi connectivity index (χ4n) is 2.57. The molecule has 0 spiro atoms. The van der Waals surface area contributed by atoms with Crippen LogP contribution in [0.15, 0.2) is 30.3 Å². The Hall–Kier alpha value is -1.04. The smallest absolute Gasteiger partial charge is 0.0228 e. The van der Waals surface area contributed by atoms with Crippen molar-refractivity contribution in [3.05, 3.63) is 41.5 Å². The number of hydrogen-bond donors (Lipinski definition) is 0. The van der Waals surface area contributed by atoms with E-state index in [4.69, 9.17) is 0 Å². The first-order valence-corrected chi connectivity index (χ1v) is 7.18. The SMILES string of the molecule is CCCCCCc1ccc(C2=CCCC2)cc1. The molecular formula is C17H24. The Morgan fingerprint density at radius 2 is 1.82 bits per heavy atom. The lowest BCUT2D eigenvalue weighted by Crippen LogP contribution is -1.87. The molecule has 0 aromatic heterocycles. The van der Waals surface area contributed by atoms with E-state index < -0.39 is 0 Å². The molecular weight excluding hydrogens is 204 g/mol. The van der Waals surface area contributed by atoms with Crippen LogP contribution in [0.25, 0.3) is 5.57 Å². The minimum Gasteiger partial charge on any atom is -0.0807 e. The summed E-state index contributed by atoms with van der Waals surface area (Å²) >= 11 is 0. The second-order valence-corrected chi connectivity index (χ2v) is 5.13. The molecule has 92 valence electrons. The van der Waals surface area contributed by atoms with E-state index >= 15 is 0 Å². The Balaban J connectivity index is 1.85. The van der Waals surface area contributed by atoms with Crippen LogP contribution in [-0.4, -0.2) is 0 Å². The third kappa shape index (κ3) is 3.73. The van der Waals surface area contributed by atoms with Crippen molar-refractivity contribution in [2.24, 2.45) is 0 Å². The van der Waals surface area contributed by atoms with Crippen molar-refractivity contribution in [3.63, 3.8) is 0 Å². The molecule has 0 atom stereocenters. The highest BCUT2D eigenvalue weighted by Crippen LogP contribution is 2.27. The second-order valence-electron chi connectivity index (χ2n) is 5.13. The number of hydrogen-bond acceptors (Lipinski definition) is 0. The van der Waals surface area contributed by atoms with Crippen LogP contribution in [0.4, 0.5) is 0 Å². The van der Waals surface area contributed by atoms with E-state index in [9.17, 15) is 0 Å². The molecule has 0 aliphatic heterocycles. The van der Waals surface area contributed by atoms with E-state index in [0.717, 1.165) is 0 Å². The summed E-state index contributed by atoms with van der Waals surface area (Å²) in [5, 5.41) is 0. The number of allylic oxidation sites excluding steroid dienone is 2. The quantitative estimate of drug-likeness (QED) is 0.574. The molecule has 2 rings (SSSR count). The summed E-state index contributed by atoms with van der Waals surface area (Å²) in [6, 6.07) is 9.26. The molecule has 0 saturated heterocycles. The predicted molar refractivity (Wildman–Crippen MR) is 76.1 cm³/mol. The lowest BCUT2D eigenvalue weighted by molar-refractivity contribution is 0.667. The zero-order valence-electron chi connectivity index (χ0n) is 11.0. The molecule has 1 aromatic carbocycles. The zero-order chi connectivity index (χ0) is 11.9. The molecule has 0 bridgehead atoms. The van der Waals surface area contributed by atoms with Crippen LogP contribution in [0.1, 0.15) is 63.0 Å². The zero-order valence-corrected chi connectivity index (χ0v) is 11.0. The van der Waals surface area contributed by atoms with Gasteiger partial charge in [0.2, 0.25) is 0 Å². The van der Waals surface area contributed by atoms with E-state index in [2.05, 4.69) is 37.3 Å². The minimum atomic E-state index is 1.25. The molecule has 0 fully saturated rings. The summed E-state index contributed by atoms with van der Waals surface area (Å²) in [5.41, 5.74) is 4.51. The Kier molecular flexibility index (Phi) is 4.85. The minimum absolute atomic E-state index is 1.25. The van der Waals surface area contributed by atoms with Gasteiger partial charge in [0.05, 0.1) is 0 Å². The molecule has 0 unspecified atom stereocenters. The third-order valence-electron chi connectivity index (χ3n) is 3.68. The first-order valence-electron chi connectivity index (χ1n) is 7.18. The van der Waals surface area contributed by atoms with Gasteiger partial charge in [0.1, 0.15) is 0 Å². The van der Waals surface area contributed by atoms with Gasteiger partial charge in [0, 0.05) is 0 Å². The van der Waals surface area contributed by atoms with E-state index in [-0.39, 0.29) is 0 Å². The lowest BCUT2D eigenvalue weighted by Gasteiger charge is -2.05. The lowest BCUT2D eigenvalue weighted by atomic mass is 10.0. The van der Waals surface area contributed by atoms with Gasteiger partial charge in [0.25, 0.3) is 0 Å². The number of benzene rings is 1. The molecule has 0 nitrogen and oxygen atoms in total. The average Bonchev–Trinajstić information content (AvgIpc) is 2.89. The van der Waals surface area contributed by atoms with Gasteiger partial charge in [0.15, 0.2) is 0 Å². The Morgan fingerprint density at radius 3 is 2.47 bits per heavy atom. The number of unbranched alkanes of at least 4 members (excludes halogenated alkanes) is 3. The van der Waals surface area contributed by atoms with E-state index in [1.807, 2.05) is 0 Å². The van der Waals surface area contributed by atoms with Gasteiger partial charge < -0.3 is 0 Å². The summed E-state index contributed by atoms with van der Waals surface area (Å²) in [6.45, 7) is 2.27. The van der Waals surface area contributed by atoms with Crippen LogP contribution in [0, 0.1) is 0 Å². The maximum atomic E-state index is 2.40. The van der Waals surface area contributed by atoms with E-state index in [1.54, 1.807) is 5.57 Å². The topological polar surface area (TPSA) is 0 Å². The fraction of sp³-hybridized carbons (Fsp3) is 0.529. The maximum Gasteiger partial charge on any atom is -0.0228 e. The van der Waals surface area contributed by atoms with Crippen molar-refractivity contribution in [1.82, 2.24) is 0 Å². The largest absolute Gasteiger partial charge is 0.0807 e. The van der Waals surface area contributed by atoms with Gasteiger partial charge in [-0.3, -0.25) is 0 Å². The summed E-state index contributed by atoms with van der Waals surface area (Å²) < 4.78 is 0. The molecule has 0 N–H and O–H groups in total. The first-order chi connectivity index (χ1) is 8.40. The Labute approximate surface area is 106 Å². The monoisotopic (exact) mass is 228 g/mol. The fourth-order valence-corrected chi connectivity index (χ4v) is 2.57. The van der Waals surface area contributed by atoms with Crippen molar-refractivity contribution in [2.45, 2.75) is 58.3 Å². The second kappa shape index (κ2) is 6.64. The highest BCUT2D eigenvalue weighted by molar-refractivity contribution is 5.67. The molecule has 0 heteroatoms. The third-order valence-corrected chi connectivity index (χ3v) is 3.68. The number of aryl methyl sites for hydroxylation is 1. The molecule has 0 saturated carbocycles. The standard InChI is InChI=1S/C17H24/c1-2-3-4-5-8-15-11-13-17(14-12-15)16-9-6-7-10-16/h9,11-14H,2-8,10H2,1H3. The van der Waals surface area contributed by atoms with Crippen molar-refractivity contribution in [3.8, 4) is 0 Å². The molecule has 1 aliphatic carbocycles. The summed E-state index contributed by atoms with van der Waals surface area (Å²) in [4.78, 5) is 0. The Morgan fingerprint density at radius 1 is 1.00 bits per heavy atom. The maximum absolute atomic E-state index is 2.40. The van der Waals surface area contributed by atoms with Gasteiger partial charge >= 0.3 is 0 Å². The van der Waals surface area contributed by atoms with Gasteiger partial charge in [-0.25, -0.2) is 0 Å². The average molecular weight is 228 g/mol. The highest BCUT2D eigenvalue weighted by Gasteiger charge is 2.06. The van der Waals surface area contributed by atoms with Crippen molar-refractivity contribution in [2.75, 3.05) is 0 Å². The van der Waals surface area contributed by atoms with Crippen LogP contribution in [-0.2, 0) is 6.42 Å². The predicted octanol–water partition coefficient (Wildman–Crippen LogP) is 5.38. The highest BCUT2D eigenvalue weighted by atomic mass is 14.1. The van der Waals surface area contributed by atoms with Gasteiger partial charge in [-0.05, 0) is 48.8 Å². The van der Waals surface area contributed by atoms with Crippen LogP contribution < -0.4 is 0 Å². The van der Waals surface area contributed by atoms with Gasteiger partial charge in [-0.15, -0.1) is 0 Å². The van der Waals surface area contributed by atoms with Gasteiger partial charge in [-0.2, -0.15) is 0 Å². The van der Waals surface area contributed by atoms with Crippen LogP contribution in [0.3, 0.4) is 0 Å². The number of rotatable bonds is 6. The van der Waals surface area contributed by atoms with E-state index in [0.29, 0.717) is 0 Å². The molecule has 0 heterocycles.